The normalized spacial score (nSPS) is 6.75. The quantitative estimate of drug-likeness (QED) is 0.286. The van der Waals surface area contributed by atoms with E-state index < -0.39 is 0 Å². The maximum Gasteiger partial charge on any atom is 1.00 e. The summed E-state index contributed by atoms with van der Waals surface area (Å²) in [5, 5.41) is 0. The summed E-state index contributed by atoms with van der Waals surface area (Å²) in [5.41, 5.74) is 0. The van der Waals surface area contributed by atoms with E-state index in [1.807, 2.05) is 0 Å². The molecule has 0 aromatic heterocycles. The van der Waals surface area contributed by atoms with Crippen LogP contribution in [0.25, 0.3) is 0 Å². The molecule has 0 radical (unpaired) electrons. The summed E-state index contributed by atoms with van der Waals surface area (Å²) in [5.74, 6) is 0. The molecule has 0 spiro atoms. The molecule has 0 unspecified atom stereocenters. The van der Waals surface area contributed by atoms with E-state index in [0.717, 1.165) is 6.42 Å². The number of rotatable bonds is 3. The molecule has 0 saturated carbocycles. The third-order valence-electron chi connectivity index (χ3n) is 0.854. The molecule has 0 aliphatic carbocycles. The van der Waals surface area contributed by atoms with Crippen molar-refractivity contribution in [3.05, 3.63) is 6.92 Å². The Morgan fingerprint density at radius 2 is 1.75 bits per heavy atom. The number of unbranched alkanes of at least 4 members (excludes halogenated alkanes) is 3. The molecule has 0 bridgehead atoms. The maximum atomic E-state index is 3.72. The minimum Gasteiger partial charge on any atom is -0.343 e. The van der Waals surface area contributed by atoms with Crippen LogP contribution in [0.5, 0.6) is 0 Å². The SMILES string of the molecule is F.[CH2-]CCCCC.[K+]. The van der Waals surface area contributed by atoms with Crippen LogP contribution in [0.4, 0.5) is 4.70 Å². The van der Waals surface area contributed by atoms with Gasteiger partial charge in [-0.25, -0.2) is 0 Å². The summed E-state index contributed by atoms with van der Waals surface area (Å²) >= 11 is 0. The van der Waals surface area contributed by atoms with Gasteiger partial charge in [-0.1, -0.05) is 26.2 Å². The minimum absolute atomic E-state index is 0. The maximum absolute atomic E-state index is 3.72. The van der Waals surface area contributed by atoms with Crippen LogP contribution in [0.3, 0.4) is 0 Å². The van der Waals surface area contributed by atoms with Crippen LogP contribution >= 0.6 is 0 Å². The average molecular weight is 144 g/mol. The number of hydrogen-bond donors (Lipinski definition) is 0. The van der Waals surface area contributed by atoms with Crippen LogP contribution in [0.1, 0.15) is 32.6 Å². The standard InChI is InChI=1S/C6H13.FH.K/c1-3-5-6-4-2;;/h1,3-6H2,2H3;1H;/q-1;;+1. The Balaban J connectivity index is -0.000000125. The van der Waals surface area contributed by atoms with Crippen LogP contribution in [-0.2, 0) is 0 Å². The Labute approximate surface area is 94.2 Å². The Hall–Kier alpha value is 1.57. The first kappa shape index (κ1) is 16.3. The molecule has 0 aromatic rings. The minimum atomic E-state index is 0. The van der Waals surface area contributed by atoms with Gasteiger partial charge >= 0.3 is 51.4 Å². The second-order valence-electron chi connectivity index (χ2n) is 1.56. The molecular formula is C6H14FK. The summed E-state index contributed by atoms with van der Waals surface area (Å²) in [6, 6.07) is 0. The smallest absolute Gasteiger partial charge is 0.343 e. The van der Waals surface area contributed by atoms with Gasteiger partial charge in [0.25, 0.3) is 0 Å². The van der Waals surface area contributed by atoms with Crippen molar-refractivity contribution in [2.75, 3.05) is 0 Å². The van der Waals surface area contributed by atoms with Gasteiger partial charge in [-0.2, -0.15) is 6.42 Å². The van der Waals surface area contributed by atoms with Crippen molar-refractivity contribution in [1.82, 2.24) is 0 Å². The van der Waals surface area contributed by atoms with Gasteiger partial charge < -0.3 is 6.92 Å². The fourth-order valence-electron chi connectivity index (χ4n) is 0.427. The predicted molar refractivity (Wildman–Crippen MR) is 32.0 cm³/mol. The van der Waals surface area contributed by atoms with Gasteiger partial charge in [0.2, 0.25) is 0 Å². The van der Waals surface area contributed by atoms with Crippen molar-refractivity contribution >= 4 is 0 Å². The molecule has 0 atom stereocenters. The third-order valence-corrected chi connectivity index (χ3v) is 0.854. The van der Waals surface area contributed by atoms with Crippen molar-refractivity contribution < 1.29 is 56.1 Å². The topological polar surface area (TPSA) is 0 Å². The van der Waals surface area contributed by atoms with Gasteiger partial charge in [-0.05, 0) is 0 Å². The van der Waals surface area contributed by atoms with E-state index in [0.29, 0.717) is 0 Å². The second kappa shape index (κ2) is 15.8. The first-order valence-corrected chi connectivity index (χ1v) is 2.71. The van der Waals surface area contributed by atoms with E-state index in [9.17, 15) is 0 Å². The molecule has 0 aliphatic heterocycles. The zero-order valence-electron chi connectivity index (χ0n) is 5.94. The van der Waals surface area contributed by atoms with Crippen molar-refractivity contribution in [3.63, 3.8) is 0 Å². The molecule has 0 aliphatic rings. The second-order valence-corrected chi connectivity index (χ2v) is 1.56. The summed E-state index contributed by atoms with van der Waals surface area (Å²) in [6.45, 7) is 5.93. The third kappa shape index (κ3) is 15.6. The molecule has 0 amide bonds. The van der Waals surface area contributed by atoms with E-state index in [1.165, 1.54) is 19.3 Å². The summed E-state index contributed by atoms with van der Waals surface area (Å²) < 4.78 is 0. The first-order valence-electron chi connectivity index (χ1n) is 2.71. The molecule has 0 nitrogen and oxygen atoms in total. The Bertz CT molecular complexity index is 20.5. The molecule has 2 heteroatoms. The zero-order chi connectivity index (χ0) is 4.83. The van der Waals surface area contributed by atoms with Crippen LogP contribution < -0.4 is 51.4 Å². The van der Waals surface area contributed by atoms with Crippen molar-refractivity contribution in [2.45, 2.75) is 32.6 Å². The molecule has 0 fully saturated rings. The Morgan fingerprint density at radius 3 is 1.88 bits per heavy atom. The molecule has 0 N–H and O–H groups in total. The largest absolute Gasteiger partial charge is 1.00 e. The van der Waals surface area contributed by atoms with Crippen molar-refractivity contribution in [1.29, 1.82) is 0 Å². The zero-order valence-corrected chi connectivity index (χ0v) is 9.07. The molecule has 0 heterocycles. The molecule has 0 aromatic carbocycles. The van der Waals surface area contributed by atoms with Gasteiger partial charge in [-0.15, -0.1) is 0 Å². The Kier molecular flexibility index (Phi) is 32.2. The molecule has 46 valence electrons. The van der Waals surface area contributed by atoms with Gasteiger partial charge in [-0.3, -0.25) is 4.70 Å². The monoisotopic (exact) mass is 144 g/mol. The van der Waals surface area contributed by atoms with Gasteiger partial charge in [0.15, 0.2) is 0 Å². The van der Waals surface area contributed by atoms with E-state index in [4.69, 9.17) is 0 Å². The van der Waals surface area contributed by atoms with Crippen LogP contribution in [0, 0.1) is 6.92 Å². The number of hydrogen-bond acceptors (Lipinski definition) is 0. The van der Waals surface area contributed by atoms with Gasteiger partial charge in [0.05, 0.1) is 0 Å². The van der Waals surface area contributed by atoms with E-state index in [-0.39, 0.29) is 56.1 Å². The fraction of sp³-hybridized carbons (Fsp3) is 0.833. The van der Waals surface area contributed by atoms with E-state index in [2.05, 4.69) is 13.8 Å². The van der Waals surface area contributed by atoms with E-state index >= 15 is 0 Å². The Morgan fingerprint density at radius 1 is 1.25 bits per heavy atom. The van der Waals surface area contributed by atoms with Crippen LogP contribution in [-0.4, -0.2) is 0 Å². The number of halogens is 1. The van der Waals surface area contributed by atoms with Gasteiger partial charge in [0.1, 0.15) is 0 Å². The van der Waals surface area contributed by atoms with E-state index in [1.54, 1.807) is 0 Å². The summed E-state index contributed by atoms with van der Waals surface area (Å²) in [4.78, 5) is 0. The van der Waals surface area contributed by atoms with Gasteiger partial charge in [0, 0.05) is 0 Å². The van der Waals surface area contributed by atoms with Crippen LogP contribution in [0.2, 0.25) is 0 Å². The fourth-order valence-corrected chi connectivity index (χ4v) is 0.427. The molecule has 8 heavy (non-hydrogen) atoms. The average Bonchev–Trinajstić information content (AvgIpc) is 1.61. The molecule has 0 rings (SSSR count). The van der Waals surface area contributed by atoms with Crippen molar-refractivity contribution in [2.24, 2.45) is 0 Å². The summed E-state index contributed by atoms with van der Waals surface area (Å²) in [7, 11) is 0. The van der Waals surface area contributed by atoms with Crippen LogP contribution in [0.15, 0.2) is 0 Å². The van der Waals surface area contributed by atoms with Crippen molar-refractivity contribution in [3.8, 4) is 0 Å². The first-order chi connectivity index (χ1) is 2.91. The molecule has 0 saturated heterocycles. The predicted octanol–water partition coefficient (Wildman–Crippen LogP) is -0.443. The summed E-state index contributed by atoms with van der Waals surface area (Å²) in [6.07, 6.45) is 5.07. The molecular weight excluding hydrogens is 130 g/mol.